The lowest BCUT2D eigenvalue weighted by atomic mass is 9.97. The third-order valence-corrected chi connectivity index (χ3v) is 7.38. The molecule has 5 nitrogen and oxygen atoms in total. The summed E-state index contributed by atoms with van der Waals surface area (Å²) in [7, 11) is 0. The first kappa shape index (κ1) is 25.3. The zero-order valence-corrected chi connectivity index (χ0v) is 21.8. The molecule has 0 bridgehead atoms. The number of rotatable bonds is 6. The number of nitrogens with one attached hydrogen (secondary N) is 1. The Morgan fingerprint density at radius 2 is 1.77 bits per heavy atom. The molecule has 4 heterocycles. The van der Waals surface area contributed by atoms with E-state index in [9.17, 15) is 8.78 Å². The number of pyridine rings is 2. The molecule has 0 amide bonds. The minimum absolute atomic E-state index is 0.107. The second kappa shape index (κ2) is 11.0. The van der Waals surface area contributed by atoms with Crippen LogP contribution in [0.5, 0.6) is 5.75 Å². The van der Waals surface area contributed by atoms with Crippen molar-refractivity contribution in [2.75, 3.05) is 26.2 Å². The van der Waals surface area contributed by atoms with E-state index in [-0.39, 0.29) is 11.5 Å². The van der Waals surface area contributed by atoms with Crippen LogP contribution >= 0.6 is 0 Å². The van der Waals surface area contributed by atoms with Gasteiger partial charge in [0.25, 0.3) is 0 Å². The molecule has 0 spiro atoms. The fraction of sp³-hybridized carbons (Fsp3) is 0.281. The highest BCUT2D eigenvalue weighted by molar-refractivity contribution is 5.76. The van der Waals surface area contributed by atoms with Crippen LogP contribution in [0.15, 0.2) is 72.0 Å². The van der Waals surface area contributed by atoms with E-state index in [1.54, 1.807) is 12.3 Å². The van der Waals surface area contributed by atoms with E-state index in [0.29, 0.717) is 30.3 Å². The summed E-state index contributed by atoms with van der Waals surface area (Å²) in [6, 6.07) is 15.3. The van der Waals surface area contributed by atoms with Crippen molar-refractivity contribution < 1.29 is 13.5 Å². The van der Waals surface area contributed by atoms with Gasteiger partial charge in [0.05, 0.1) is 12.3 Å². The molecule has 2 aromatic heterocycles. The molecule has 1 N–H and O–H groups in total. The summed E-state index contributed by atoms with van der Waals surface area (Å²) in [5.74, 6) is 0.591. The number of nitrogens with zero attached hydrogens (tertiary/aromatic N) is 3. The molecular formula is C32H30F2N4O. The lowest BCUT2D eigenvalue weighted by Gasteiger charge is -2.22. The number of aromatic nitrogens is 2. The molecule has 1 saturated heterocycles. The molecule has 2 aliphatic heterocycles. The lowest BCUT2D eigenvalue weighted by molar-refractivity contribution is 0.215. The SMILES string of the molecule is CC1C=c2c(-c3cncc(-c4cccc(OCC5CCNCC5)c4)c3)cc(-c3cc(F)ccc3F)nc2=NC1. The van der Waals surface area contributed by atoms with Gasteiger partial charge in [-0.3, -0.25) is 9.98 Å². The average molecular weight is 525 g/mol. The van der Waals surface area contributed by atoms with Crippen molar-refractivity contribution in [3.63, 3.8) is 0 Å². The summed E-state index contributed by atoms with van der Waals surface area (Å²) in [5, 5.41) is 4.27. The van der Waals surface area contributed by atoms with Crippen molar-refractivity contribution in [1.29, 1.82) is 0 Å². The summed E-state index contributed by atoms with van der Waals surface area (Å²) < 4.78 is 34.9. The molecule has 1 atom stereocenters. The Balaban J connectivity index is 1.38. The van der Waals surface area contributed by atoms with Crippen LogP contribution < -0.4 is 20.8 Å². The van der Waals surface area contributed by atoms with Gasteiger partial charge in [-0.05, 0) is 91.4 Å². The molecular weight excluding hydrogens is 494 g/mol. The van der Waals surface area contributed by atoms with Gasteiger partial charge in [0, 0.05) is 40.8 Å². The number of hydrogen-bond donors (Lipinski definition) is 1. The van der Waals surface area contributed by atoms with Gasteiger partial charge >= 0.3 is 0 Å². The zero-order valence-electron chi connectivity index (χ0n) is 21.8. The van der Waals surface area contributed by atoms with E-state index in [4.69, 9.17) is 4.74 Å². The van der Waals surface area contributed by atoms with E-state index in [1.807, 2.05) is 30.5 Å². The van der Waals surface area contributed by atoms with Gasteiger partial charge in [0.1, 0.15) is 17.4 Å². The monoisotopic (exact) mass is 524 g/mol. The number of benzene rings is 2. The molecule has 7 heteroatoms. The molecule has 0 radical (unpaired) electrons. The normalized spacial score (nSPS) is 17.2. The van der Waals surface area contributed by atoms with Crippen molar-refractivity contribution in [3.8, 4) is 39.3 Å². The van der Waals surface area contributed by atoms with Crippen molar-refractivity contribution >= 4 is 6.08 Å². The number of halogens is 2. The first-order valence-electron chi connectivity index (χ1n) is 13.5. The maximum Gasteiger partial charge on any atom is 0.155 e. The maximum absolute atomic E-state index is 14.7. The molecule has 1 unspecified atom stereocenters. The van der Waals surface area contributed by atoms with Crippen LogP contribution in [0.2, 0.25) is 0 Å². The van der Waals surface area contributed by atoms with E-state index in [2.05, 4.69) is 39.3 Å². The van der Waals surface area contributed by atoms with Crippen molar-refractivity contribution in [2.24, 2.45) is 16.8 Å². The molecule has 1 fully saturated rings. The molecule has 4 aromatic rings. The van der Waals surface area contributed by atoms with Crippen molar-refractivity contribution in [3.05, 3.63) is 89.3 Å². The van der Waals surface area contributed by atoms with E-state index in [1.165, 1.54) is 6.07 Å². The van der Waals surface area contributed by atoms with Crippen LogP contribution in [0, 0.1) is 23.5 Å². The highest BCUT2D eigenvalue weighted by Gasteiger charge is 2.17. The predicted molar refractivity (Wildman–Crippen MR) is 149 cm³/mol. The number of hydrogen-bond acceptors (Lipinski definition) is 5. The van der Waals surface area contributed by atoms with Crippen molar-refractivity contribution in [1.82, 2.24) is 15.3 Å². The predicted octanol–water partition coefficient (Wildman–Crippen LogP) is 5.18. The second-order valence-corrected chi connectivity index (χ2v) is 10.4. The summed E-state index contributed by atoms with van der Waals surface area (Å²) in [4.78, 5) is 13.8. The topological polar surface area (TPSA) is 59.4 Å². The fourth-order valence-corrected chi connectivity index (χ4v) is 5.24. The molecule has 2 aliphatic rings. The Bertz CT molecular complexity index is 1630. The summed E-state index contributed by atoms with van der Waals surface area (Å²) >= 11 is 0. The summed E-state index contributed by atoms with van der Waals surface area (Å²) in [6.07, 6.45) is 8.01. The Labute approximate surface area is 226 Å². The average Bonchev–Trinajstić information content (AvgIpc) is 2.97. The largest absolute Gasteiger partial charge is 0.493 e. The van der Waals surface area contributed by atoms with Gasteiger partial charge in [0.15, 0.2) is 5.49 Å². The van der Waals surface area contributed by atoms with Gasteiger partial charge in [0.2, 0.25) is 0 Å². The van der Waals surface area contributed by atoms with E-state index in [0.717, 1.165) is 71.3 Å². The van der Waals surface area contributed by atoms with Gasteiger partial charge in [-0.1, -0.05) is 25.1 Å². The molecule has 0 saturated carbocycles. The van der Waals surface area contributed by atoms with Crippen LogP contribution in [0.25, 0.3) is 39.6 Å². The third kappa shape index (κ3) is 5.59. The highest BCUT2D eigenvalue weighted by Crippen LogP contribution is 2.29. The second-order valence-electron chi connectivity index (χ2n) is 10.4. The fourth-order valence-electron chi connectivity index (χ4n) is 5.24. The highest BCUT2D eigenvalue weighted by atomic mass is 19.1. The summed E-state index contributed by atoms with van der Waals surface area (Å²) in [5.41, 5.74) is 4.59. The minimum Gasteiger partial charge on any atom is -0.493 e. The molecule has 6 rings (SSSR count). The Morgan fingerprint density at radius 3 is 2.64 bits per heavy atom. The molecule has 39 heavy (non-hydrogen) atoms. The number of fused-ring (bicyclic) bond motifs is 1. The smallest absolute Gasteiger partial charge is 0.155 e. The molecule has 0 aliphatic carbocycles. The van der Waals surface area contributed by atoms with Gasteiger partial charge in [-0.2, -0.15) is 0 Å². The Morgan fingerprint density at radius 1 is 0.923 bits per heavy atom. The quantitative estimate of drug-likeness (QED) is 0.378. The van der Waals surface area contributed by atoms with Crippen LogP contribution in [0.4, 0.5) is 8.78 Å². The van der Waals surface area contributed by atoms with E-state index >= 15 is 0 Å². The van der Waals surface area contributed by atoms with E-state index < -0.39 is 11.6 Å². The lowest BCUT2D eigenvalue weighted by Crippen LogP contribution is -2.35. The first-order valence-corrected chi connectivity index (χ1v) is 13.5. The molecule has 198 valence electrons. The van der Waals surface area contributed by atoms with Gasteiger partial charge in [-0.25, -0.2) is 13.8 Å². The van der Waals surface area contributed by atoms with Crippen LogP contribution in [-0.2, 0) is 0 Å². The number of piperidine rings is 1. The van der Waals surface area contributed by atoms with Gasteiger partial charge in [-0.15, -0.1) is 0 Å². The number of ether oxygens (including phenoxy) is 1. The maximum atomic E-state index is 14.7. The molecule has 2 aromatic carbocycles. The van der Waals surface area contributed by atoms with Crippen LogP contribution in [0.3, 0.4) is 0 Å². The Hall–Kier alpha value is -3.97. The summed E-state index contributed by atoms with van der Waals surface area (Å²) in [6.45, 7) is 5.49. The zero-order chi connectivity index (χ0) is 26.8. The minimum atomic E-state index is -0.531. The Kier molecular flexibility index (Phi) is 7.16. The van der Waals surface area contributed by atoms with Crippen LogP contribution in [0.1, 0.15) is 19.8 Å². The first-order chi connectivity index (χ1) is 19.0. The standard InChI is InChI=1S/C32H30F2N4O/c1-20-11-28-27(15-31(38-32(28)37-16-20)29-14-25(33)5-6-30(29)34)24-12-23(17-36-18-24)22-3-2-4-26(13-22)39-19-21-7-9-35-10-8-21/h2-6,11-15,17-18,20-21,35H,7-10,16,19H2,1H3. The van der Waals surface area contributed by atoms with Crippen LogP contribution in [-0.4, -0.2) is 36.2 Å². The van der Waals surface area contributed by atoms with Gasteiger partial charge < -0.3 is 10.1 Å². The van der Waals surface area contributed by atoms with Crippen molar-refractivity contribution in [2.45, 2.75) is 19.8 Å². The third-order valence-electron chi connectivity index (χ3n) is 7.38.